The first-order chi connectivity index (χ1) is 18.3. The molecule has 7 nitrogen and oxygen atoms in total. The van der Waals surface area contributed by atoms with Gasteiger partial charge in [0.2, 0.25) is 5.91 Å². The summed E-state index contributed by atoms with van der Waals surface area (Å²) in [4.78, 5) is 42.2. The monoisotopic (exact) mass is 607 g/mol. The van der Waals surface area contributed by atoms with Gasteiger partial charge in [0, 0.05) is 21.2 Å². The summed E-state index contributed by atoms with van der Waals surface area (Å²) >= 11 is 3.52. The maximum absolute atomic E-state index is 13.7. The molecule has 4 aromatic rings. The molecule has 0 aromatic heterocycles. The van der Waals surface area contributed by atoms with Crippen LogP contribution in [0.3, 0.4) is 0 Å². The molecule has 0 unspecified atom stereocenters. The van der Waals surface area contributed by atoms with Crippen LogP contribution in [0.25, 0.3) is 10.8 Å². The Morgan fingerprint density at radius 1 is 0.974 bits per heavy atom. The smallest absolute Gasteiger partial charge is 0.258 e. The number of ether oxygens (including phenoxy) is 1. The highest BCUT2D eigenvalue weighted by Gasteiger charge is 2.35. The SMILES string of the molecule is COc1ccc2cc(Br)ccc2c1CN1C(=O)[C@@H](N)CN(C(=O)c2ccc(C(C)=O)cc2)c2ccccc21.Cl. The second-order valence-electron chi connectivity index (χ2n) is 9.18. The largest absolute Gasteiger partial charge is 0.496 e. The van der Waals surface area contributed by atoms with Gasteiger partial charge in [-0.1, -0.05) is 52.3 Å². The molecule has 0 saturated carbocycles. The first kappa shape index (κ1) is 28.3. The molecule has 200 valence electrons. The van der Waals surface area contributed by atoms with Crippen LogP contribution in [0.15, 0.2) is 83.3 Å². The molecule has 0 aliphatic carbocycles. The van der Waals surface area contributed by atoms with Gasteiger partial charge in [0.25, 0.3) is 5.91 Å². The maximum atomic E-state index is 13.7. The Kier molecular flexibility index (Phi) is 8.39. The zero-order chi connectivity index (χ0) is 27.0. The molecule has 2 amide bonds. The molecule has 0 saturated heterocycles. The molecular weight excluding hydrogens is 582 g/mol. The molecule has 9 heteroatoms. The van der Waals surface area contributed by atoms with E-state index in [-0.39, 0.29) is 43.1 Å². The van der Waals surface area contributed by atoms with Crippen LogP contribution in [-0.4, -0.2) is 37.3 Å². The lowest BCUT2D eigenvalue weighted by molar-refractivity contribution is -0.119. The summed E-state index contributed by atoms with van der Waals surface area (Å²) in [5.74, 6) is -0.0221. The molecule has 5 rings (SSSR count). The molecule has 1 atom stereocenters. The van der Waals surface area contributed by atoms with E-state index < -0.39 is 6.04 Å². The number of amides is 2. The third kappa shape index (κ3) is 5.41. The lowest BCUT2D eigenvalue weighted by Gasteiger charge is -2.26. The average molecular weight is 609 g/mol. The van der Waals surface area contributed by atoms with Crippen molar-refractivity contribution in [2.45, 2.75) is 19.5 Å². The molecule has 1 aliphatic heterocycles. The predicted molar refractivity (Wildman–Crippen MR) is 159 cm³/mol. The average Bonchev–Trinajstić information content (AvgIpc) is 3.03. The third-order valence-corrected chi connectivity index (χ3v) is 7.29. The molecule has 2 N–H and O–H groups in total. The van der Waals surface area contributed by atoms with Crippen LogP contribution in [0.2, 0.25) is 0 Å². The maximum Gasteiger partial charge on any atom is 0.258 e. The number of anilines is 2. The zero-order valence-corrected chi connectivity index (χ0v) is 23.8. The Balaban J connectivity index is 0.00000353. The Bertz CT molecular complexity index is 1570. The molecule has 0 fully saturated rings. The number of methoxy groups -OCH3 is 1. The van der Waals surface area contributed by atoms with Crippen molar-refractivity contribution in [3.63, 3.8) is 0 Å². The van der Waals surface area contributed by atoms with Gasteiger partial charge in [-0.25, -0.2) is 0 Å². The van der Waals surface area contributed by atoms with Gasteiger partial charge in [0.15, 0.2) is 5.78 Å². The van der Waals surface area contributed by atoms with E-state index in [1.807, 2.05) is 54.6 Å². The number of rotatable bonds is 5. The van der Waals surface area contributed by atoms with Crippen molar-refractivity contribution >= 4 is 68.1 Å². The third-order valence-electron chi connectivity index (χ3n) is 6.80. The number of halogens is 2. The number of benzene rings is 4. The van der Waals surface area contributed by atoms with Crippen molar-refractivity contribution in [3.05, 3.63) is 100 Å². The topological polar surface area (TPSA) is 92.9 Å². The Hall–Kier alpha value is -3.72. The number of carbonyl (C=O) groups excluding carboxylic acids is 3. The number of fused-ring (bicyclic) bond motifs is 2. The van der Waals surface area contributed by atoms with Crippen molar-refractivity contribution in [2.24, 2.45) is 5.73 Å². The number of Topliss-reactive ketones (excluding diaryl/α,β-unsaturated/α-hetero) is 1. The molecule has 1 heterocycles. The second-order valence-corrected chi connectivity index (χ2v) is 10.1. The van der Waals surface area contributed by atoms with Gasteiger partial charge in [-0.15, -0.1) is 12.4 Å². The van der Waals surface area contributed by atoms with Crippen molar-refractivity contribution in [2.75, 3.05) is 23.5 Å². The van der Waals surface area contributed by atoms with E-state index >= 15 is 0 Å². The minimum Gasteiger partial charge on any atom is -0.496 e. The van der Waals surface area contributed by atoms with Gasteiger partial charge in [0.05, 0.1) is 31.6 Å². The first-order valence-electron chi connectivity index (χ1n) is 12.1. The summed E-state index contributed by atoms with van der Waals surface area (Å²) in [6.07, 6.45) is 0. The van der Waals surface area contributed by atoms with Crippen LogP contribution in [0.5, 0.6) is 5.75 Å². The lowest BCUT2D eigenvalue weighted by Crippen LogP contribution is -2.48. The number of carbonyl (C=O) groups is 3. The van der Waals surface area contributed by atoms with Crippen molar-refractivity contribution < 1.29 is 19.1 Å². The van der Waals surface area contributed by atoms with Gasteiger partial charge in [-0.3, -0.25) is 14.4 Å². The Labute approximate surface area is 241 Å². The van der Waals surface area contributed by atoms with Crippen LogP contribution < -0.4 is 20.3 Å². The van der Waals surface area contributed by atoms with Crippen molar-refractivity contribution in [1.82, 2.24) is 0 Å². The summed E-state index contributed by atoms with van der Waals surface area (Å²) in [7, 11) is 1.60. The predicted octanol–water partition coefficient (Wildman–Crippen LogP) is 5.76. The highest BCUT2D eigenvalue weighted by molar-refractivity contribution is 9.10. The molecular formula is C30H27BrClN3O4. The van der Waals surface area contributed by atoms with Crippen LogP contribution in [-0.2, 0) is 11.3 Å². The van der Waals surface area contributed by atoms with E-state index in [4.69, 9.17) is 10.5 Å². The van der Waals surface area contributed by atoms with Gasteiger partial charge in [-0.2, -0.15) is 0 Å². The van der Waals surface area contributed by atoms with E-state index in [0.717, 1.165) is 20.8 Å². The lowest BCUT2D eigenvalue weighted by atomic mass is 10.0. The Morgan fingerprint density at radius 3 is 2.31 bits per heavy atom. The highest BCUT2D eigenvalue weighted by atomic mass is 79.9. The van der Waals surface area contributed by atoms with Crippen LogP contribution in [0.1, 0.15) is 33.2 Å². The van der Waals surface area contributed by atoms with Gasteiger partial charge < -0.3 is 20.3 Å². The quantitative estimate of drug-likeness (QED) is 0.291. The normalized spacial score (nSPS) is 14.9. The summed E-state index contributed by atoms with van der Waals surface area (Å²) in [6.45, 7) is 1.70. The fourth-order valence-corrected chi connectivity index (χ4v) is 5.21. The number of ketones is 1. The van der Waals surface area contributed by atoms with E-state index in [1.165, 1.54) is 11.8 Å². The van der Waals surface area contributed by atoms with Crippen molar-refractivity contribution in [3.8, 4) is 5.75 Å². The second kappa shape index (κ2) is 11.6. The summed E-state index contributed by atoms with van der Waals surface area (Å²) in [5.41, 5.74) is 9.33. The van der Waals surface area contributed by atoms with E-state index in [0.29, 0.717) is 28.3 Å². The number of nitrogens with two attached hydrogens (primary N) is 1. The first-order valence-corrected chi connectivity index (χ1v) is 12.9. The van der Waals surface area contributed by atoms with E-state index in [1.54, 1.807) is 36.3 Å². The van der Waals surface area contributed by atoms with Crippen LogP contribution in [0.4, 0.5) is 11.4 Å². The highest BCUT2D eigenvalue weighted by Crippen LogP contribution is 2.37. The fourth-order valence-electron chi connectivity index (χ4n) is 4.83. The molecule has 1 aliphatic rings. The Morgan fingerprint density at radius 2 is 1.64 bits per heavy atom. The van der Waals surface area contributed by atoms with E-state index in [9.17, 15) is 14.4 Å². The number of hydrogen-bond donors (Lipinski definition) is 1. The van der Waals surface area contributed by atoms with Crippen molar-refractivity contribution in [1.29, 1.82) is 0 Å². The molecule has 0 radical (unpaired) electrons. The standard InChI is InChI=1S/C30H26BrN3O4.ClH/c1-18(35)19-7-9-20(10-8-19)29(36)34-17-25(32)30(37)33(26-5-3-4-6-27(26)34)16-24-23-13-12-22(31)15-21(23)11-14-28(24)38-2;/h3-15,25H,16-17,32H2,1-2H3;1H/t25-;/m0./s1. The minimum absolute atomic E-state index is 0. The number of nitrogens with zero attached hydrogens (tertiary/aromatic N) is 2. The molecule has 39 heavy (non-hydrogen) atoms. The van der Waals surface area contributed by atoms with E-state index in [2.05, 4.69) is 15.9 Å². The van der Waals surface area contributed by atoms with Gasteiger partial charge >= 0.3 is 0 Å². The van der Waals surface area contributed by atoms with Crippen LogP contribution >= 0.6 is 28.3 Å². The summed E-state index contributed by atoms with van der Waals surface area (Å²) < 4.78 is 6.63. The zero-order valence-electron chi connectivity index (χ0n) is 21.4. The van der Waals surface area contributed by atoms with Gasteiger partial charge in [-0.05, 0) is 60.2 Å². The molecule has 0 spiro atoms. The summed E-state index contributed by atoms with van der Waals surface area (Å²) in [6, 6.07) is 22.7. The number of para-hydroxylation sites is 2. The van der Waals surface area contributed by atoms with Crippen LogP contribution in [0, 0.1) is 0 Å². The summed E-state index contributed by atoms with van der Waals surface area (Å²) in [5, 5.41) is 1.95. The number of hydrogen-bond acceptors (Lipinski definition) is 5. The molecule has 0 bridgehead atoms. The fraction of sp³-hybridized carbons (Fsp3) is 0.167. The molecule has 4 aromatic carbocycles. The van der Waals surface area contributed by atoms with Gasteiger partial charge in [0.1, 0.15) is 11.8 Å². The minimum atomic E-state index is -0.946.